The van der Waals surface area contributed by atoms with Gasteiger partial charge in [-0.15, -0.1) is 0 Å². The molecule has 1 N–H and O–H groups in total. The first-order valence-corrected chi connectivity index (χ1v) is 12.3. The molecule has 8 nitrogen and oxygen atoms in total. The van der Waals surface area contributed by atoms with Crippen LogP contribution < -0.4 is 14.8 Å². The first kappa shape index (κ1) is 22.5. The number of carbonyl (C=O) groups is 2. The van der Waals surface area contributed by atoms with Crippen molar-refractivity contribution in [3.8, 4) is 11.5 Å². The third-order valence-electron chi connectivity index (χ3n) is 6.14. The van der Waals surface area contributed by atoms with Crippen LogP contribution in [0.4, 0.5) is 11.4 Å². The number of anilines is 1. The van der Waals surface area contributed by atoms with Gasteiger partial charge in [0.2, 0.25) is 5.91 Å². The third kappa shape index (κ3) is 4.04. The van der Waals surface area contributed by atoms with Gasteiger partial charge >= 0.3 is 0 Å². The molecule has 2 aromatic carbocycles. The molecule has 0 aromatic heterocycles. The molecule has 3 aliphatic heterocycles. The Morgan fingerprint density at radius 3 is 2.74 bits per heavy atom. The van der Waals surface area contributed by atoms with Crippen LogP contribution in [0, 0.1) is 5.92 Å². The lowest BCUT2D eigenvalue weighted by molar-refractivity contribution is -0.125. The van der Waals surface area contributed by atoms with Crippen LogP contribution >= 0.6 is 11.8 Å². The van der Waals surface area contributed by atoms with E-state index in [9.17, 15) is 9.59 Å². The molecule has 5 rings (SSSR count). The highest BCUT2D eigenvalue weighted by atomic mass is 32.2. The van der Waals surface area contributed by atoms with Crippen molar-refractivity contribution in [3.63, 3.8) is 0 Å². The molecule has 0 saturated carbocycles. The van der Waals surface area contributed by atoms with E-state index in [2.05, 4.69) is 12.2 Å². The second-order valence-corrected chi connectivity index (χ2v) is 9.78. The summed E-state index contributed by atoms with van der Waals surface area (Å²) in [5, 5.41) is 2.89. The molecule has 3 unspecified atom stereocenters. The van der Waals surface area contributed by atoms with Crippen molar-refractivity contribution in [2.45, 2.75) is 38.5 Å². The van der Waals surface area contributed by atoms with E-state index in [0.29, 0.717) is 41.4 Å². The Morgan fingerprint density at radius 1 is 1.18 bits per heavy atom. The number of ether oxygens (including phenoxy) is 2. The standard InChI is InChI=1S/C25H26N4O4S/c1-4-14(2)21-24(31)29-22(28-21)17-7-5-6-8-18(17)27-25(29)34-15(3)23(30)26-16-9-10-19-20(13-16)33-12-11-32-19/h5-10,13-15,21H,4,11-12H2,1-3H3,(H,26,30). The molecule has 0 spiro atoms. The number of amides is 2. The number of hydrogen-bond acceptors (Lipinski definition) is 7. The molecular weight excluding hydrogens is 452 g/mol. The van der Waals surface area contributed by atoms with Crippen LogP contribution in [0.5, 0.6) is 11.5 Å². The van der Waals surface area contributed by atoms with E-state index in [1.807, 2.05) is 31.2 Å². The predicted molar refractivity (Wildman–Crippen MR) is 133 cm³/mol. The summed E-state index contributed by atoms with van der Waals surface area (Å²) in [7, 11) is 0. The summed E-state index contributed by atoms with van der Waals surface area (Å²) >= 11 is 1.25. The fourth-order valence-electron chi connectivity index (χ4n) is 4.02. The lowest BCUT2D eigenvalue weighted by atomic mass is 10.00. The van der Waals surface area contributed by atoms with Crippen LogP contribution in [0.1, 0.15) is 32.8 Å². The number of hydrogen-bond donors (Lipinski definition) is 1. The zero-order valence-corrected chi connectivity index (χ0v) is 20.1. The zero-order chi connectivity index (χ0) is 23.8. The molecule has 0 bridgehead atoms. The minimum Gasteiger partial charge on any atom is -0.486 e. The Hall–Kier alpha value is -3.33. The summed E-state index contributed by atoms with van der Waals surface area (Å²) in [6, 6.07) is 12.5. The number of carbonyl (C=O) groups excluding carboxylic acids is 2. The quantitative estimate of drug-likeness (QED) is 0.695. The summed E-state index contributed by atoms with van der Waals surface area (Å²) in [5.41, 5.74) is 2.20. The summed E-state index contributed by atoms with van der Waals surface area (Å²) in [4.78, 5) is 37.4. The molecule has 0 radical (unpaired) electrons. The fraction of sp³-hybridized carbons (Fsp3) is 0.360. The first-order valence-electron chi connectivity index (χ1n) is 11.4. The highest BCUT2D eigenvalue weighted by Gasteiger charge is 2.43. The lowest BCUT2D eigenvalue weighted by Crippen LogP contribution is -2.43. The Kier molecular flexibility index (Phi) is 6.03. The summed E-state index contributed by atoms with van der Waals surface area (Å²) in [5.74, 6) is 1.70. The van der Waals surface area contributed by atoms with Crippen molar-refractivity contribution in [2.75, 3.05) is 18.5 Å². The SMILES string of the molecule is CCC(C)C1N=C2c3ccccc3N=C(SC(C)C(=O)Nc3ccc4c(c3)OCCO4)N2C1=O. The highest BCUT2D eigenvalue weighted by molar-refractivity contribution is 8.15. The Labute approximate surface area is 202 Å². The molecule has 0 aliphatic carbocycles. The number of nitrogens with one attached hydrogen (secondary N) is 1. The number of fused-ring (bicyclic) bond motifs is 4. The highest BCUT2D eigenvalue weighted by Crippen LogP contribution is 2.37. The Morgan fingerprint density at radius 2 is 1.94 bits per heavy atom. The summed E-state index contributed by atoms with van der Waals surface area (Å²) < 4.78 is 11.1. The topological polar surface area (TPSA) is 92.6 Å². The van der Waals surface area contributed by atoms with Crippen LogP contribution in [0.2, 0.25) is 0 Å². The van der Waals surface area contributed by atoms with Crippen molar-refractivity contribution in [1.29, 1.82) is 0 Å². The van der Waals surface area contributed by atoms with E-state index < -0.39 is 11.3 Å². The number of para-hydroxylation sites is 1. The average molecular weight is 479 g/mol. The van der Waals surface area contributed by atoms with E-state index in [4.69, 9.17) is 19.5 Å². The van der Waals surface area contributed by atoms with Gasteiger partial charge in [-0.1, -0.05) is 44.2 Å². The molecule has 0 saturated heterocycles. The summed E-state index contributed by atoms with van der Waals surface area (Å²) in [6.45, 7) is 6.87. The third-order valence-corrected chi connectivity index (χ3v) is 7.20. The molecule has 176 valence electrons. The molecule has 34 heavy (non-hydrogen) atoms. The monoisotopic (exact) mass is 478 g/mol. The van der Waals surface area contributed by atoms with Gasteiger partial charge in [-0.3, -0.25) is 14.6 Å². The lowest BCUT2D eigenvalue weighted by Gasteiger charge is -2.27. The van der Waals surface area contributed by atoms with Crippen molar-refractivity contribution >= 4 is 46.0 Å². The van der Waals surface area contributed by atoms with E-state index >= 15 is 0 Å². The zero-order valence-electron chi connectivity index (χ0n) is 19.3. The first-order chi connectivity index (χ1) is 16.5. The molecular formula is C25H26N4O4S. The second kappa shape index (κ2) is 9.13. The summed E-state index contributed by atoms with van der Waals surface area (Å²) in [6.07, 6.45) is 0.844. The maximum Gasteiger partial charge on any atom is 0.259 e. The number of nitrogens with zero attached hydrogens (tertiary/aromatic N) is 3. The van der Waals surface area contributed by atoms with Crippen LogP contribution in [0.3, 0.4) is 0 Å². The van der Waals surface area contributed by atoms with Crippen molar-refractivity contribution in [2.24, 2.45) is 15.9 Å². The van der Waals surface area contributed by atoms with Gasteiger partial charge in [-0.2, -0.15) is 0 Å². The van der Waals surface area contributed by atoms with Gasteiger partial charge in [-0.25, -0.2) is 9.89 Å². The minimum absolute atomic E-state index is 0.0930. The van der Waals surface area contributed by atoms with E-state index in [1.54, 1.807) is 30.0 Å². The van der Waals surface area contributed by atoms with Gasteiger partial charge in [0.15, 0.2) is 16.7 Å². The van der Waals surface area contributed by atoms with Gasteiger partial charge in [0, 0.05) is 17.3 Å². The van der Waals surface area contributed by atoms with Gasteiger partial charge in [0.25, 0.3) is 5.91 Å². The van der Waals surface area contributed by atoms with Gasteiger partial charge in [0.05, 0.1) is 10.9 Å². The Balaban J connectivity index is 1.37. The molecule has 3 heterocycles. The maximum atomic E-state index is 13.3. The minimum atomic E-state index is -0.506. The number of rotatable bonds is 5. The normalized spacial score (nSPS) is 20.0. The average Bonchev–Trinajstić information content (AvgIpc) is 3.21. The fourth-order valence-corrected chi connectivity index (χ4v) is 4.93. The predicted octanol–water partition coefficient (Wildman–Crippen LogP) is 4.22. The van der Waals surface area contributed by atoms with Crippen LogP contribution in [0.15, 0.2) is 52.4 Å². The van der Waals surface area contributed by atoms with Crippen molar-refractivity contribution in [1.82, 2.24) is 4.90 Å². The maximum absolute atomic E-state index is 13.3. The van der Waals surface area contributed by atoms with E-state index in [0.717, 1.165) is 17.7 Å². The van der Waals surface area contributed by atoms with Crippen LogP contribution in [-0.2, 0) is 9.59 Å². The van der Waals surface area contributed by atoms with Crippen LogP contribution in [0.25, 0.3) is 0 Å². The molecule has 3 aliphatic rings. The molecule has 9 heteroatoms. The molecule has 0 fully saturated rings. The van der Waals surface area contributed by atoms with Gasteiger partial charge < -0.3 is 14.8 Å². The van der Waals surface area contributed by atoms with Gasteiger partial charge in [0.1, 0.15) is 25.1 Å². The number of aliphatic imine (C=N–C) groups is 2. The molecule has 3 atom stereocenters. The van der Waals surface area contributed by atoms with Crippen molar-refractivity contribution in [3.05, 3.63) is 48.0 Å². The number of benzene rings is 2. The molecule has 2 amide bonds. The number of amidine groups is 2. The largest absolute Gasteiger partial charge is 0.486 e. The van der Waals surface area contributed by atoms with E-state index in [1.165, 1.54) is 11.8 Å². The smallest absolute Gasteiger partial charge is 0.259 e. The molecule has 2 aromatic rings. The van der Waals surface area contributed by atoms with E-state index in [-0.39, 0.29) is 17.7 Å². The van der Waals surface area contributed by atoms with Crippen LogP contribution in [-0.4, -0.2) is 52.2 Å². The van der Waals surface area contributed by atoms with Crippen molar-refractivity contribution < 1.29 is 19.1 Å². The number of thioether (sulfide) groups is 1. The van der Waals surface area contributed by atoms with Gasteiger partial charge in [-0.05, 0) is 37.1 Å². The second-order valence-electron chi connectivity index (χ2n) is 8.48. The Bertz CT molecular complexity index is 1210.